The normalized spacial score (nSPS) is 13.0. The van der Waals surface area contributed by atoms with Gasteiger partial charge in [0.15, 0.2) is 6.04 Å². The minimum Gasteiger partial charge on any atom is -0.479 e. The lowest BCUT2D eigenvalue weighted by Crippen LogP contribution is -2.41. The molecule has 0 heterocycles. The number of hydrogen-bond donors (Lipinski definition) is 2. The van der Waals surface area contributed by atoms with Gasteiger partial charge >= 0.3 is 5.97 Å². The van der Waals surface area contributed by atoms with Crippen molar-refractivity contribution in [1.82, 2.24) is 9.62 Å². The molecule has 7 nitrogen and oxygen atoms in total. The van der Waals surface area contributed by atoms with Gasteiger partial charge in [0, 0.05) is 12.1 Å². The van der Waals surface area contributed by atoms with Gasteiger partial charge in [-0.05, 0) is 17.7 Å². The predicted octanol–water partition coefficient (Wildman–Crippen LogP) is 0.473. The molecule has 1 atom stereocenters. The Hall–Kier alpha value is -1.64. The molecule has 0 aliphatic heterocycles. The highest BCUT2D eigenvalue weighted by Crippen LogP contribution is 2.16. The van der Waals surface area contributed by atoms with Gasteiger partial charge in [-0.2, -0.15) is 4.31 Å². The first-order chi connectivity index (χ1) is 9.61. The number of hydrogen-bond acceptors (Lipinski definition) is 4. The summed E-state index contributed by atoms with van der Waals surface area (Å²) in [4.78, 5) is 23.0. The van der Waals surface area contributed by atoms with E-state index in [0.717, 1.165) is 10.6 Å². The number of sulfonamides is 1. The van der Waals surface area contributed by atoms with Crippen LogP contribution in [0, 0.1) is 0 Å². The van der Waals surface area contributed by atoms with Crippen molar-refractivity contribution in [2.24, 2.45) is 0 Å². The molecule has 2 N–H and O–H groups in total. The van der Waals surface area contributed by atoms with Crippen LogP contribution in [0.1, 0.15) is 11.6 Å². The number of likely N-dealkylation sites (N-methyl/N-ethyl adjacent to an activating group) is 1. The zero-order valence-electron chi connectivity index (χ0n) is 11.4. The van der Waals surface area contributed by atoms with E-state index >= 15 is 0 Å². The third-order valence-corrected chi connectivity index (χ3v) is 4.20. The Morgan fingerprint density at radius 3 is 2.29 bits per heavy atom. The number of carboxylic acids is 1. The molecule has 0 aliphatic carbocycles. The Bertz CT molecular complexity index is 630. The van der Waals surface area contributed by atoms with E-state index in [0.29, 0.717) is 10.6 Å². The summed E-state index contributed by atoms with van der Waals surface area (Å²) in [6.07, 6.45) is 0.953. The molecule has 0 bridgehead atoms. The second kappa shape index (κ2) is 6.88. The molecule has 1 amide bonds. The molecule has 9 heteroatoms. The molecule has 0 saturated heterocycles. The summed E-state index contributed by atoms with van der Waals surface area (Å²) in [7, 11) is -2.29. The van der Waals surface area contributed by atoms with Gasteiger partial charge in [0.25, 0.3) is 0 Å². The van der Waals surface area contributed by atoms with Gasteiger partial charge in [0.2, 0.25) is 15.9 Å². The monoisotopic (exact) mass is 334 g/mol. The average Bonchev–Trinajstić information content (AvgIpc) is 2.35. The molecule has 0 aliphatic rings. The largest absolute Gasteiger partial charge is 0.479 e. The number of carbonyl (C=O) groups excluding carboxylic acids is 1. The first kappa shape index (κ1) is 17.4. The van der Waals surface area contributed by atoms with Crippen molar-refractivity contribution in [3.05, 3.63) is 34.9 Å². The Balaban J connectivity index is 2.82. The number of carbonyl (C=O) groups is 2. The highest BCUT2D eigenvalue weighted by molar-refractivity contribution is 7.88. The summed E-state index contributed by atoms with van der Waals surface area (Å²) in [5, 5.41) is 11.9. The lowest BCUT2D eigenvalue weighted by atomic mass is 10.1. The summed E-state index contributed by atoms with van der Waals surface area (Å²) < 4.78 is 23.2. The van der Waals surface area contributed by atoms with Crippen molar-refractivity contribution in [2.45, 2.75) is 6.04 Å². The molecule has 116 valence electrons. The van der Waals surface area contributed by atoms with Gasteiger partial charge in [-0.3, -0.25) is 4.79 Å². The van der Waals surface area contributed by atoms with Crippen LogP contribution < -0.4 is 5.32 Å². The number of amides is 1. The zero-order valence-corrected chi connectivity index (χ0v) is 13.0. The summed E-state index contributed by atoms with van der Waals surface area (Å²) in [6.45, 7) is -0.462. The standard InChI is InChI=1S/C12H15ClN2O5S/c1-15(21(2,19)20)7-10(16)14-11(12(17)18)8-3-5-9(13)6-4-8/h3-6,11H,7H2,1-2H3,(H,14,16)(H,17,18). The van der Waals surface area contributed by atoms with Crippen LogP contribution in [0.25, 0.3) is 0 Å². The average molecular weight is 335 g/mol. The summed E-state index contributed by atoms with van der Waals surface area (Å²) in [5.74, 6) is -1.97. The number of nitrogens with zero attached hydrogens (tertiary/aromatic N) is 1. The molecule has 0 spiro atoms. The minimum atomic E-state index is -3.52. The topological polar surface area (TPSA) is 104 Å². The number of carboxylic acid groups (broad SMARTS) is 1. The highest BCUT2D eigenvalue weighted by atomic mass is 35.5. The summed E-state index contributed by atoms with van der Waals surface area (Å²) >= 11 is 5.71. The van der Waals surface area contributed by atoms with Crippen molar-refractivity contribution >= 4 is 33.5 Å². The van der Waals surface area contributed by atoms with Gasteiger partial charge in [0.05, 0.1) is 12.8 Å². The Morgan fingerprint density at radius 2 is 1.86 bits per heavy atom. The van der Waals surface area contributed by atoms with E-state index in [1.165, 1.54) is 31.3 Å². The molecule has 1 aromatic carbocycles. The first-order valence-corrected chi connectivity index (χ1v) is 8.03. The minimum absolute atomic E-state index is 0.335. The molecule has 1 rings (SSSR count). The Kier molecular flexibility index (Phi) is 5.70. The van der Waals surface area contributed by atoms with Crippen molar-refractivity contribution in [3.63, 3.8) is 0 Å². The summed E-state index contributed by atoms with van der Waals surface area (Å²) in [5.41, 5.74) is 0.335. The third kappa shape index (κ3) is 5.33. The van der Waals surface area contributed by atoms with Crippen LogP contribution >= 0.6 is 11.6 Å². The van der Waals surface area contributed by atoms with Crippen LogP contribution in [0.15, 0.2) is 24.3 Å². The number of halogens is 1. The molecule has 0 saturated carbocycles. The van der Waals surface area contributed by atoms with Gasteiger partial charge in [-0.1, -0.05) is 23.7 Å². The molecule has 0 fully saturated rings. The van der Waals surface area contributed by atoms with Crippen LogP contribution in [0.4, 0.5) is 0 Å². The van der Waals surface area contributed by atoms with Crippen molar-refractivity contribution < 1.29 is 23.1 Å². The lowest BCUT2D eigenvalue weighted by molar-refractivity contribution is -0.142. The molecule has 1 unspecified atom stereocenters. The summed E-state index contributed by atoms with van der Waals surface area (Å²) in [6, 6.07) is 4.68. The third-order valence-electron chi connectivity index (χ3n) is 2.69. The zero-order chi connectivity index (χ0) is 16.2. The van der Waals surface area contributed by atoms with Crippen molar-refractivity contribution in [1.29, 1.82) is 0 Å². The van der Waals surface area contributed by atoms with Crippen molar-refractivity contribution in [2.75, 3.05) is 19.8 Å². The van der Waals surface area contributed by atoms with Crippen LogP contribution in [0.2, 0.25) is 5.02 Å². The smallest absolute Gasteiger partial charge is 0.330 e. The van der Waals surface area contributed by atoms with Crippen LogP contribution in [0.5, 0.6) is 0 Å². The van der Waals surface area contributed by atoms with E-state index in [1.54, 1.807) is 0 Å². The van der Waals surface area contributed by atoms with E-state index in [4.69, 9.17) is 16.7 Å². The molecule has 1 aromatic rings. The van der Waals surface area contributed by atoms with E-state index in [-0.39, 0.29) is 0 Å². The molecular weight excluding hydrogens is 320 g/mol. The van der Waals surface area contributed by atoms with Crippen LogP contribution in [-0.2, 0) is 19.6 Å². The maximum absolute atomic E-state index is 11.7. The maximum atomic E-state index is 11.7. The van der Waals surface area contributed by atoms with E-state index in [9.17, 15) is 18.0 Å². The fourth-order valence-electron chi connectivity index (χ4n) is 1.47. The second-order valence-corrected chi connectivity index (χ2v) is 6.94. The van der Waals surface area contributed by atoms with E-state index in [1.807, 2.05) is 0 Å². The van der Waals surface area contributed by atoms with E-state index in [2.05, 4.69) is 5.32 Å². The number of nitrogens with one attached hydrogen (secondary N) is 1. The van der Waals surface area contributed by atoms with Crippen LogP contribution in [0.3, 0.4) is 0 Å². The van der Waals surface area contributed by atoms with Gasteiger partial charge < -0.3 is 10.4 Å². The molecule has 21 heavy (non-hydrogen) atoms. The number of benzene rings is 1. The molecule has 0 radical (unpaired) electrons. The Labute approximate surface area is 127 Å². The van der Waals surface area contributed by atoms with Gasteiger partial charge in [0.1, 0.15) is 0 Å². The maximum Gasteiger partial charge on any atom is 0.330 e. The van der Waals surface area contributed by atoms with Crippen molar-refractivity contribution in [3.8, 4) is 0 Å². The second-order valence-electron chi connectivity index (χ2n) is 4.41. The lowest BCUT2D eigenvalue weighted by Gasteiger charge is -2.18. The predicted molar refractivity (Wildman–Crippen MR) is 77.4 cm³/mol. The molecule has 0 aromatic heterocycles. The highest BCUT2D eigenvalue weighted by Gasteiger charge is 2.24. The fourth-order valence-corrected chi connectivity index (χ4v) is 1.95. The van der Waals surface area contributed by atoms with Gasteiger partial charge in [-0.25, -0.2) is 13.2 Å². The fraction of sp³-hybridized carbons (Fsp3) is 0.333. The number of rotatable bonds is 6. The number of aliphatic carboxylic acids is 1. The molecular formula is C12H15ClN2O5S. The Morgan fingerprint density at radius 1 is 1.33 bits per heavy atom. The quantitative estimate of drug-likeness (QED) is 0.787. The van der Waals surface area contributed by atoms with E-state index < -0.39 is 34.5 Å². The first-order valence-electron chi connectivity index (χ1n) is 5.80. The van der Waals surface area contributed by atoms with Gasteiger partial charge in [-0.15, -0.1) is 0 Å². The SMILES string of the molecule is CN(CC(=O)NC(C(=O)O)c1ccc(Cl)cc1)S(C)(=O)=O. The van der Waals surface area contributed by atoms with Crippen LogP contribution in [-0.4, -0.2) is 49.6 Å².